The first-order chi connectivity index (χ1) is 9.78. The van der Waals surface area contributed by atoms with Crippen molar-refractivity contribution in [3.63, 3.8) is 0 Å². The van der Waals surface area contributed by atoms with Gasteiger partial charge in [0.2, 0.25) is 0 Å². The maximum absolute atomic E-state index is 12.4. The van der Waals surface area contributed by atoms with Gasteiger partial charge in [-0.1, -0.05) is 0 Å². The van der Waals surface area contributed by atoms with E-state index in [4.69, 9.17) is 10.5 Å². The van der Waals surface area contributed by atoms with Crippen LogP contribution < -0.4 is 5.73 Å². The van der Waals surface area contributed by atoms with Crippen LogP contribution >= 0.6 is 0 Å². The molecule has 1 saturated heterocycles. The van der Waals surface area contributed by atoms with E-state index in [0.717, 1.165) is 36.9 Å². The minimum Gasteiger partial charge on any atom is -0.444 e. The van der Waals surface area contributed by atoms with Crippen LogP contribution in [0.4, 0.5) is 10.6 Å². The number of pyridine rings is 1. The van der Waals surface area contributed by atoms with Gasteiger partial charge in [-0.3, -0.25) is 0 Å². The van der Waals surface area contributed by atoms with E-state index in [1.54, 1.807) is 6.20 Å². The standard InChI is InChI=1S/C16H25N3O2/c1-11-9-12(10-18-14(11)17)13-7-5-6-8-19(13)15(20)21-16(2,3)4/h9-10,13H,5-8H2,1-4H3,(H2,17,18)/t13-/m1/s1. The minimum absolute atomic E-state index is 0.0281. The van der Waals surface area contributed by atoms with E-state index in [1.807, 2.05) is 38.7 Å². The van der Waals surface area contributed by atoms with Crippen LogP contribution in [0.2, 0.25) is 0 Å². The molecule has 0 aromatic carbocycles. The van der Waals surface area contributed by atoms with Crippen LogP contribution in [0.25, 0.3) is 0 Å². The second-order valence-electron chi connectivity index (χ2n) is 6.66. The summed E-state index contributed by atoms with van der Waals surface area (Å²) in [6, 6.07) is 2.05. The van der Waals surface area contributed by atoms with Gasteiger partial charge in [0.25, 0.3) is 0 Å². The summed E-state index contributed by atoms with van der Waals surface area (Å²) in [6.07, 6.45) is 4.58. The number of ether oxygens (including phenoxy) is 1. The highest BCUT2D eigenvalue weighted by atomic mass is 16.6. The number of nitrogens with two attached hydrogens (primary N) is 1. The molecular weight excluding hydrogens is 266 g/mol. The van der Waals surface area contributed by atoms with Crippen molar-refractivity contribution in [3.8, 4) is 0 Å². The molecule has 1 aromatic rings. The zero-order chi connectivity index (χ0) is 15.6. The Labute approximate surface area is 126 Å². The van der Waals surface area contributed by atoms with Crippen molar-refractivity contribution in [2.24, 2.45) is 0 Å². The third-order valence-corrected chi connectivity index (χ3v) is 3.66. The van der Waals surface area contributed by atoms with Crippen LogP contribution in [-0.4, -0.2) is 28.1 Å². The van der Waals surface area contributed by atoms with Gasteiger partial charge >= 0.3 is 6.09 Å². The predicted octanol–water partition coefficient (Wildman–Crippen LogP) is 3.43. The fourth-order valence-electron chi connectivity index (χ4n) is 2.61. The number of nitrogens with zero attached hydrogens (tertiary/aromatic N) is 2. The molecule has 2 N–H and O–H groups in total. The van der Waals surface area contributed by atoms with E-state index in [2.05, 4.69) is 4.98 Å². The first kappa shape index (κ1) is 15.6. The third kappa shape index (κ3) is 3.86. The quantitative estimate of drug-likeness (QED) is 0.860. The van der Waals surface area contributed by atoms with Crippen LogP contribution in [0.3, 0.4) is 0 Å². The highest BCUT2D eigenvalue weighted by molar-refractivity contribution is 5.69. The third-order valence-electron chi connectivity index (χ3n) is 3.66. The number of aryl methyl sites for hydroxylation is 1. The number of aromatic nitrogens is 1. The number of carbonyl (C=O) groups excluding carboxylic acids is 1. The molecule has 1 aliphatic rings. The smallest absolute Gasteiger partial charge is 0.410 e. The molecule has 0 unspecified atom stereocenters. The number of likely N-dealkylation sites (tertiary alicyclic amines) is 1. The summed E-state index contributed by atoms with van der Waals surface area (Å²) < 4.78 is 5.52. The summed E-state index contributed by atoms with van der Waals surface area (Å²) >= 11 is 0. The molecule has 5 nitrogen and oxygen atoms in total. The lowest BCUT2D eigenvalue weighted by Crippen LogP contribution is -2.41. The molecule has 1 amide bonds. The van der Waals surface area contributed by atoms with Crippen molar-refractivity contribution in [2.45, 2.75) is 58.6 Å². The van der Waals surface area contributed by atoms with Gasteiger partial charge in [-0.2, -0.15) is 0 Å². The lowest BCUT2D eigenvalue weighted by molar-refractivity contribution is 0.00948. The molecule has 116 valence electrons. The number of carbonyl (C=O) groups is 1. The zero-order valence-electron chi connectivity index (χ0n) is 13.3. The summed E-state index contributed by atoms with van der Waals surface area (Å²) in [5, 5.41) is 0. The van der Waals surface area contributed by atoms with E-state index in [1.165, 1.54) is 0 Å². The molecule has 5 heteroatoms. The SMILES string of the molecule is Cc1cc([C@H]2CCCCN2C(=O)OC(C)(C)C)cnc1N. The second-order valence-corrected chi connectivity index (χ2v) is 6.66. The van der Waals surface area contributed by atoms with Gasteiger partial charge in [0.05, 0.1) is 6.04 Å². The highest BCUT2D eigenvalue weighted by Gasteiger charge is 2.31. The van der Waals surface area contributed by atoms with Gasteiger partial charge < -0.3 is 15.4 Å². The maximum Gasteiger partial charge on any atom is 0.410 e. The van der Waals surface area contributed by atoms with E-state index < -0.39 is 5.60 Å². The topological polar surface area (TPSA) is 68.5 Å². The number of piperidine rings is 1. The van der Waals surface area contributed by atoms with E-state index in [9.17, 15) is 4.79 Å². The summed E-state index contributed by atoms with van der Waals surface area (Å²) in [6.45, 7) is 8.33. The monoisotopic (exact) mass is 291 g/mol. The van der Waals surface area contributed by atoms with Gasteiger partial charge in [0.1, 0.15) is 11.4 Å². The Kier molecular flexibility index (Phi) is 4.40. The summed E-state index contributed by atoms with van der Waals surface area (Å²) in [5.74, 6) is 0.540. The van der Waals surface area contributed by atoms with Crippen molar-refractivity contribution in [3.05, 3.63) is 23.4 Å². The van der Waals surface area contributed by atoms with Crippen molar-refractivity contribution in [1.82, 2.24) is 9.88 Å². The van der Waals surface area contributed by atoms with Crippen LogP contribution in [0, 0.1) is 6.92 Å². The largest absolute Gasteiger partial charge is 0.444 e. The van der Waals surface area contributed by atoms with Crippen LogP contribution in [0.1, 0.15) is 57.2 Å². The Balaban J connectivity index is 2.22. The Morgan fingerprint density at radius 3 is 2.76 bits per heavy atom. The molecule has 0 bridgehead atoms. The summed E-state index contributed by atoms with van der Waals surface area (Å²) in [7, 11) is 0. The average molecular weight is 291 g/mol. The first-order valence-electron chi connectivity index (χ1n) is 7.49. The summed E-state index contributed by atoms with van der Waals surface area (Å²) in [5.41, 5.74) is 7.28. The van der Waals surface area contributed by atoms with Crippen molar-refractivity contribution in [2.75, 3.05) is 12.3 Å². The van der Waals surface area contributed by atoms with Gasteiger partial charge in [-0.15, -0.1) is 0 Å². The van der Waals surface area contributed by atoms with Gasteiger partial charge in [0, 0.05) is 12.7 Å². The Morgan fingerprint density at radius 2 is 2.14 bits per heavy atom. The maximum atomic E-state index is 12.4. The molecule has 2 rings (SSSR count). The molecule has 2 heterocycles. The number of nitrogen functional groups attached to an aromatic ring is 1. The molecule has 21 heavy (non-hydrogen) atoms. The fraction of sp³-hybridized carbons (Fsp3) is 0.625. The van der Waals surface area contributed by atoms with Crippen LogP contribution in [0.5, 0.6) is 0 Å². The molecular formula is C16H25N3O2. The number of anilines is 1. The van der Waals surface area contributed by atoms with Crippen molar-refractivity contribution < 1.29 is 9.53 Å². The van der Waals surface area contributed by atoms with Crippen LogP contribution in [0.15, 0.2) is 12.3 Å². The summed E-state index contributed by atoms with van der Waals surface area (Å²) in [4.78, 5) is 18.4. The molecule has 1 fully saturated rings. The van der Waals surface area contributed by atoms with Gasteiger partial charge in [-0.05, 0) is 64.2 Å². The number of hydrogen-bond donors (Lipinski definition) is 1. The Morgan fingerprint density at radius 1 is 1.43 bits per heavy atom. The molecule has 0 radical (unpaired) electrons. The Hall–Kier alpha value is -1.78. The molecule has 0 aliphatic carbocycles. The van der Waals surface area contributed by atoms with Gasteiger partial charge in [-0.25, -0.2) is 9.78 Å². The molecule has 1 aromatic heterocycles. The predicted molar refractivity (Wildman–Crippen MR) is 82.9 cm³/mol. The molecule has 0 saturated carbocycles. The molecule has 0 spiro atoms. The highest BCUT2D eigenvalue weighted by Crippen LogP contribution is 2.32. The van der Waals surface area contributed by atoms with Crippen LogP contribution in [-0.2, 0) is 4.74 Å². The van der Waals surface area contributed by atoms with Crippen molar-refractivity contribution in [1.29, 1.82) is 0 Å². The fourth-order valence-corrected chi connectivity index (χ4v) is 2.61. The van der Waals surface area contributed by atoms with E-state index in [0.29, 0.717) is 5.82 Å². The van der Waals surface area contributed by atoms with Gasteiger partial charge in [0.15, 0.2) is 0 Å². The van der Waals surface area contributed by atoms with Crippen molar-refractivity contribution >= 4 is 11.9 Å². The second kappa shape index (κ2) is 5.92. The average Bonchev–Trinajstić information content (AvgIpc) is 2.40. The molecule has 1 atom stereocenters. The number of hydrogen-bond acceptors (Lipinski definition) is 4. The first-order valence-corrected chi connectivity index (χ1v) is 7.49. The molecule has 1 aliphatic heterocycles. The number of rotatable bonds is 1. The zero-order valence-corrected chi connectivity index (χ0v) is 13.3. The van der Waals surface area contributed by atoms with E-state index >= 15 is 0 Å². The minimum atomic E-state index is -0.478. The lowest BCUT2D eigenvalue weighted by atomic mass is 9.96. The van der Waals surface area contributed by atoms with E-state index in [-0.39, 0.29) is 12.1 Å². The Bertz CT molecular complexity index is 523. The normalized spacial score (nSPS) is 19.4. The lowest BCUT2D eigenvalue weighted by Gasteiger charge is -2.37. The number of amides is 1.